The van der Waals surface area contributed by atoms with Crippen molar-refractivity contribution >= 4 is 28.6 Å². The number of rotatable bonds is 6. The summed E-state index contributed by atoms with van der Waals surface area (Å²) in [5.41, 5.74) is 0.390. The third-order valence-corrected chi connectivity index (χ3v) is 5.45. The van der Waals surface area contributed by atoms with E-state index >= 15 is 0 Å². The maximum absolute atomic E-state index is 13.4. The van der Waals surface area contributed by atoms with Crippen LogP contribution in [-0.4, -0.2) is 25.6 Å². The van der Waals surface area contributed by atoms with Crippen LogP contribution < -0.4 is 5.32 Å². The normalized spacial score (nSPS) is 16.7. The fourth-order valence-electron chi connectivity index (χ4n) is 3.87. The third-order valence-electron chi connectivity index (χ3n) is 5.45. The average Bonchev–Trinajstić information content (AvgIpc) is 3.00. The summed E-state index contributed by atoms with van der Waals surface area (Å²) in [6.45, 7) is 3.99. The van der Waals surface area contributed by atoms with Crippen LogP contribution in [0.15, 0.2) is 42.7 Å². The maximum Gasteiger partial charge on any atom is 0.311 e. The molecule has 0 spiro atoms. The van der Waals surface area contributed by atoms with Gasteiger partial charge in [-0.1, -0.05) is 19.4 Å². The van der Waals surface area contributed by atoms with Crippen LogP contribution in [0.1, 0.15) is 31.7 Å². The number of nitrogens with one attached hydrogen (secondary N) is 1. The van der Waals surface area contributed by atoms with Gasteiger partial charge in [0.05, 0.1) is 11.5 Å². The molecule has 6 nitrogen and oxygen atoms in total. The van der Waals surface area contributed by atoms with Crippen molar-refractivity contribution in [2.75, 3.05) is 5.32 Å². The van der Waals surface area contributed by atoms with E-state index in [2.05, 4.69) is 22.2 Å². The van der Waals surface area contributed by atoms with Gasteiger partial charge in [0.15, 0.2) is 0 Å². The Kier molecular flexibility index (Phi) is 4.30. The summed E-state index contributed by atoms with van der Waals surface area (Å²) in [5.74, 6) is -0.805. The highest BCUT2D eigenvalue weighted by molar-refractivity contribution is 5.79. The molecule has 1 aliphatic rings. The third kappa shape index (κ3) is 2.93. The second-order valence-corrected chi connectivity index (χ2v) is 6.95. The van der Waals surface area contributed by atoms with Gasteiger partial charge >= 0.3 is 5.97 Å². The van der Waals surface area contributed by atoms with Crippen molar-refractivity contribution in [3.8, 4) is 0 Å². The first-order valence-corrected chi connectivity index (χ1v) is 8.92. The monoisotopic (exact) mass is 367 g/mol. The first kappa shape index (κ1) is 17.5. The number of anilines is 2. The van der Waals surface area contributed by atoms with Crippen molar-refractivity contribution in [1.29, 1.82) is 0 Å². The number of carbonyl (C=O) groups is 1. The summed E-state index contributed by atoms with van der Waals surface area (Å²) < 4.78 is 15.3. The molecule has 27 heavy (non-hydrogen) atoms. The quantitative estimate of drug-likeness (QED) is 0.678. The molecule has 3 aromatic rings. The molecule has 2 aromatic heterocycles. The van der Waals surface area contributed by atoms with E-state index in [9.17, 15) is 14.3 Å². The molecule has 0 aliphatic heterocycles. The average molecular weight is 367 g/mol. The molecule has 0 saturated heterocycles. The minimum Gasteiger partial charge on any atom is -0.481 e. The Morgan fingerprint density at radius 3 is 2.85 bits per heavy atom. The Hall–Kier alpha value is -2.96. The van der Waals surface area contributed by atoms with E-state index in [-0.39, 0.29) is 11.9 Å². The van der Waals surface area contributed by atoms with Crippen LogP contribution in [0.2, 0.25) is 0 Å². The summed E-state index contributed by atoms with van der Waals surface area (Å²) in [6, 6.07) is 7.64. The van der Waals surface area contributed by atoms with E-state index in [0.717, 1.165) is 11.8 Å². The molecule has 1 saturated carbocycles. The molecular weight excluding hydrogens is 347 g/mol. The molecule has 0 bridgehead atoms. The second kappa shape index (κ2) is 6.64. The van der Waals surface area contributed by atoms with Crippen molar-refractivity contribution < 1.29 is 14.3 Å². The number of aliphatic carboxylic acids is 1. The Labute approximate surface area is 156 Å². The largest absolute Gasteiger partial charge is 0.481 e. The molecule has 0 amide bonds. The zero-order valence-corrected chi connectivity index (χ0v) is 14.7. The summed E-state index contributed by atoms with van der Waals surface area (Å²) in [7, 11) is 0. The van der Waals surface area contributed by atoms with Gasteiger partial charge in [-0.05, 0) is 43.5 Å². The number of hydrogen-bond acceptors (Lipinski definition) is 4. The molecule has 139 valence electrons. The highest BCUT2D eigenvalue weighted by atomic mass is 19.1. The lowest BCUT2D eigenvalue weighted by molar-refractivity contribution is -0.158. The second-order valence-electron chi connectivity index (χ2n) is 6.95. The molecule has 2 heterocycles. The number of aromatic nitrogens is 3. The Morgan fingerprint density at radius 1 is 1.41 bits per heavy atom. The van der Waals surface area contributed by atoms with Gasteiger partial charge < -0.3 is 15.0 Å². The number of hydrogen-bond donors (Lipinski definition) is 2. The lowest BCUT2D eigenvalue weighted by atomic mass is 9.63. The fraction of sp³-hybridized carbons (Fsp3) is 0.300. The van der Waals surface area contributed by atoms with E-state index in [1.807, 2.05) is 16.8 Å². The van der Waals surface area contributed by atoms with Crippen molar-refractivity contribution in [3.63, 3.8) is 0 Å². The van der Waals surface area contributed by atoms with Gasteiger partial charge in [0.25, 0.3) is 0 Å². The van der Waals surface area contributed by atoms with Gasteiger partial charge in [0.1, 0.15) is 11.5 Å². The van der Waals surface area contributed by atoms with Crippen LogP contribution in [-0.2, 0) is 4.79 Å². The van der Waals surface area contributed by atoms with Crippen molar-refractivity contribution in [2.45, 2.75) is 31.7 Å². The number of benzene rings is 1. The SMILES string of the molecule is [CH2]CC(n1ccc2cnc(Nc3cccc(F)c3)nc21)C1(C(=O)O)CCC1. The highest BCUT2D eigenvalue weighted by Crippen LogP contribution is 2.51. The molecule has 1 radical (unpaired) electrons. The summed E-state index contributed by atoms with van der Waals surface area (Å²) in [6.07, 6.45) is 6.17. The molecule has 1 atom stereocenters. The summed E-state index contributed by atoms with van der Waals surface area (Å²) in [4.78, 5) is 20.8. The van der Waals surface area contributed by atoms with E-state index < -0.39 is 11.4 Å². The Bertz CT molecular complexity index is 997. The minimum absolute atomic E-state index is 0.279. The minimum atomic E-state index is -0.797. The maximum atomic E-state index is 13.4. The van der Waals surface area contributed by atoms with Gasteiger partial charge in [0.2, 0.25) is 5.95 Å². The molecule has 1 unspecified atom stereocenters. The van der Waals surface area contributed by atoms with E-state index in [1.54, 1.807) is 18.3 Å². The number of halogens is 1. The molecule has 2 N–H and O–H groups in total. The van der Waals surface area contributed by atoms with Crippen LogP contribution >= 0.6 is 0 Å². The predicted molar refractivity (Wildman–Crippen MR) is 100 cm³/mol. The van der Waals surface area contributed by atoms with E-state index in [0.29, 0.717) is 36.5 Å². The van der Waals surface area contributed by atoms with E-state index in [1.165, 1.54) is 12.1 Å². The van der Waals surface area contributed by atoms with Crippen LogP contribution in [0.25, 0.3) is 11.0 Å². The first-order chi connectivity index (χ1) is 13.0. The highest BCUT2D eigenvalue weighted by Gasteiger charge is 2.51. The van der Waals surface area contributed by atoms with Crippen molar-refractivity contribution in [1.82, 2.24) is 14.5 Å². The predicted octanol–water partition coefficient (Wildman–Crippen LogP) is 4.33. The van der Waals surface area contributed by atoms with Gasteiger partial charge in [-0.15, -0.1) is 0 Å². The van der Waals surface area contributed by atoms with Crippen LogP contribution in [0.4, 0.5) is 16.0 Å². The Morgan fingerprint density at radius 2 is 2.22 bits per heavy atom. The van der Waals surface area contributed by atoms with Crippen molar-refractivity contribution in [2.24, 2.45) is 5.41 Å². The van der Waals surface area contributed by atoms with Crippen LogP contribution in [0, 0.1) is 18.2 Å². The van der Waals surface area contributed by atoms with Gasteiger partial charge in [-0.2, -0.15) is 4.98 Å². The number of nitrogens with zero attached hydrogens (tertiary/aromatic N) is 3. The zero-order chi connectivity index (χ0) is 19.0. The van der Waals surface area contributed by atoms with Crippen LogP contribution in [0.5, 0.6) is 0 Å². The molecule has 7 heteroatoms. The molecular formula is C20H20FN4O2. The van der Waals surface area contributed by atoms with Crippen molar-refractivity contribution in [3.05, 3.63) is 55.5 Å². The molecule has 1 aliphatic carbocycles. The van der Waals surface area contributed by atoms with E-state index in [4.69, 9.17) is 0 Å². The fourth-order valence-corrected chi connectivity index (χ4v) is 3.87. The summed E-state index contributed by atoms with van der Waals surface area (Å²) >= 11 is 0. The molecule has 4 rings (SSSR count). The first-order valence-electron chi connectivity index (χ1n) is 8.92. The number of fused-ring (bicyclic) bond motifs is 1. The van der Waals surface area contributed by atoms with Crippen LogP contribution in [0.3, 0.4) is 0 Å². The zero-order valence-electron chi connectivity index (χ0n) is 14.7. The summed E-state index contributed by atoms with van der Waals surface area (Å²) in [5, 5.41) is 13.6. The Balaban J connectivity index is 1.72. The number of carboxylic acids is 1. The lowest BCUT2D eigenvalue weighted by Gasteiger charge is -2.44. The molecule has 1 fully saturated rings. The van der Waals surface area contributed by atoms with Gasteiger partial charge in [0, 0.05) is 23.5 Å². The van der Waals surface area contributed by atoms with Gasteiger partial charge in [-0.25, -0.2) is 9.37 Å². The van der Waals surface area contributed by atoms with Gasteiger partial charge in [-0.3, -0.25) is 4.79 Å². The standard InChI is InChI=1S/C20H20FN4O2/c1-2-16(20(18(26)27)8-4-9-20)25-10-7-13-12-22-19(24-17(13)25)23-15-6-3-5-14(21)11-15/h3,5-7,10-12,16H,1-2,4,8-9H2,(H,26,27)(H,22,23,24). The topological polar surface area (TPSA) is 80.0 Å². The lowest BCUT2D eigenvalue weighted by Crippen LogP contribution is -2.45. The molecule has 1 aromatic carbocycles. The smallest absolute Gasteiger partial charge is 0.311 e. The number of carboxylic acid groups (broad SMARTS) is 1.